The number of nitrogens with zero attached hydrogens (tertiary/aromatic N) is 1. The first-order chi connectivity index (χ1) is 14.7. The maximum Gasteiger partial charge on any atom is 0.255 e. The second-order valence-electron chi connectivity index (χ2n) is 7.91. The van der Waals surface area contributed by atoms with Gasteiger partial charge in [0.2, 0.25) is 0 Å². The molecule has 1 spiro atoms. The molecule has 1 N–H and O–H groups in total. The molecule has 2 aromatic carbocycles. The second kappa shape index (κ2) is 7.98. The van der Waals surface area contributed by atoms with Crippen molar-refractivity contribution in [2.24, 2.45) is 0 Å². The highest BCUT2D eigenvalue weighted by molar-refractivity contribution is 6.05. The summed E-state index contributed by atoms with van der Waals surface area (Å²) >= 11 is 0. The third-order valence-electron chi connectivity index (χ3n) is 6.17. The van der Waals surface area contributed by atoms with Crippen molar-refractivity contribution in [3.63, 3.8) is 0 Å². The summed E-state index contributed by atoms with van der Waals surface area (Å²) in [5.74, 6) is -1.24. The molecular weight excluding hydrogens is 387 g/mol. The van der Waals surface area contributed by atoms with Crippen LogP contribution in [0.4, 0.5) is 15.8 Å². The molecule has 3 aliphatic rings. The number of hydrogen-bond donors (Lipinski definition) is 1. The molecule has 6 nitrogen and oxygen atoms in total. The number of carbonyl (C=O) groups excluding carboxylic acids is 1. The fourth-order valence-corrected chi connectivity index (χ4v) is 4.73. The van der Waals surface area contributed by atoms with Crippen LogP contribution in [0.15, 0.2) is 42.5 Å². The summed E-state index contributed by atoms with van der Waals surface area (Å²) in [5.41, 5.74) is 3.38. The second-order valence-corrected chi connectivity index (χ2v) is 7.91. The number of fused-ring (bicyclic) bond motifs is 1. The Morgan fingerprint density at radius 3 is 2.70 bits per heavy atom. The molecule has 2 aromatic rings. The Morgan fingerprint density at radius 2 is 1.90 bits per heavy atom. The lowest BCUT2D eigenvalue weighted by molar-refractivity contribution is -0.215. The summed E-state index contributed by atoms with van der Waals surface area (Å²) in [6.45, 7) is 3.26. The number of nitrogens with one attached hydrogen (secondary N) is 1. The highest BCUT2D eigenvalue weighted by Crippen LogP contribution is 2.40. The van der Waals surface area contributed by atoms with Gasteiger partial charge in [-0.15, -0.1) is 0 Å². The third-order valence-corrected chi connectivity index (χ3v) is 6.17. The predicted octanol–water partition coefficient (Wildman–Crippen LogP) is 3.36. The Labute approximate surface area is 174 Å². The van der Waals surface area contributed by atoms with Gasteiger partial charge in [-0.05, 0) is 54.8 Å². The standard InChI is InChI=1S/C23H25FN2O4/c24-17-8-6-16(7-9-17)22(27)25-19-4-1-5-20-18(19)3-2-11-26(20)21-15-28-12-10-23(21)29-13-14-30-23/h1,4-9,21H,2-3,10-15H2,(H,25,27)/t21-/m1/s1. The first kappa shape index (κ1) is 19.5. The van der Waals surface area contributed by atoms with Gasteiger partial charge in [-0.1, -0.05) is 6.07 Å². The van der Waals surface area contributed by atoms with Crippen molar-refractivity contribution in [3.05, 3.63) is 59.4 Å². The first-order valence-corrected chi connectivity index (χ1v) is 10.5. The zero-order chi connectivity index (χ0) is 20.6. The van der Waals surface area contributed by atoms with E-state index in [2.05, 4.69) is 16.3 Å². The molecule has 1 amide bonds. The lowest BCUT2D eigenvalue weighted by Gasteiger charge is -2.47. The fourth-order valence-electron chi connectivity index (χ4n) is 4.73. The zero-order valence-electron chi connectivity index (χ0n) is 16.7. The van der Waals surface area contributed by atoms with Crippen LogP contribution in [0.25, 0.3) is 0 Å². The lowest BCUT2D eigenvalue weighted by atomic mass is 9.93. The Bertz CT molecular complexity index is 927. The van der Waals surface area contributed by atoms with Gasteiger partial charge >= 0.3 is 0 Å². The van der Waals surface area contributed by atoms with Crippen LogP contribution >= 0.6 is 0 Å². The molecule has 158 valence electrons. The van der Waals surface area contributed by atoms with Gasteiger partial charge < -0.3 is 24.4 Å². The van der Waals surface area contributed by atoms with E-state index < -0.39 is 5.79 Å². The molecule has 7 heteroatoms. The Morgan fingerprint density at radius 1 is 1.10 bits per heavy atom. The van der Waals surface area contributed by atoms with Crippen LogP contribution in [0, 0.1) is 5.82 Å². The first-order valence-electron chi connectivity index (χ1n) is 10.5. The van der Waals surface area contributed by atoms with Crippen molar-refractivity contribution in [2.45, 2.75) is 31.1 Å². The van der Waals surface area contributed by atoms with Crippen LogP contribution in [-0.4, -0.2) is 50.7 Å². The van der Waals surface area contributed by atoms with E-state index in [1.807, 2.05) is 12.1 Å². The molecule has 3 aliphatic heterocycles. The van der Waals surface area contributed by atoms with E-state index in [0.717, 1.165) is 36.3 Å². The predicted molar refractivity (Wildman–Crippen MR) is 110 cm³/mol. The van der Waals surface area contributed by atoms with Gasteiger partial charge in [0.1, 0.15) is 11.9 Å². The van der Waals surface area contributed by atoms with Crippen LogP contribution in [0.1, 0.15) is 28.8 Å². The normalized spacial score (nSPS) is 22.7. The van der Waals surface area contributed by atoms with E-state index in [9.17, 15) is 9.18 Å². The van der Waals surface area contributed by atoms with Crippen molar-refractivity contribution in [3.8, 4) is 0 Å². The molecule has 0 saturated carbocycles. The molecule has 3 heterocycles. The van der Waals surface area contributed by atoms with E-state index >= 15 is 0 Å². The molecule has 5 rings (SSSR count). The number of rotatable bonds is 3. The van der Waals surface area contributed by atoms with Crippen LogP contribution < -0.4 is 10.2 Å². The van der Waals surface area contributed by atoms with Crippen molar-refractivity contribution in [1.29, 1.82) is 0 Å². The molecule has 1 atom stereocenters. The smallest absolute Gasteiger partial charge is 0.255 e. The number of carbonyl (C=O) groups is 1. The van der Waals surface area contributed by atoms with Gasteiger partial charge in [-0.3, -0.25) is 4.79 Å². The molecule has 0 unspecified atom stereocenters. The largest absolute Gasteiger partial charge is 0.379 e. The molecule has 30 heavy (non-hydrogen) atoms. The van der Waals surface area contributed by atoms with E-state index in [1.165, 1.54) is 24.3 Å². The topological polar surface area (TPSA) is 60.0 Å². The zero-order valence-corrected chi connectivity index (χ0v) is 16.7. The Hall–Kier alpha value is -2.48. The summed E-state index contributed by atoms with van der Waals surface area (Å²) in [6.07, 6.45) is 2.54. The number of anilines is 2. The van der Waals surface area contributed by atoms with E-state index in [4.69, 9.17) is 14.2 Å². The Kier molecular flexibility index (Phi) is 5.18. The van der Waals surface area contributed by atoms with Gasteiger partial charge in [-0.2, -0.15) is 0 Å². The highest BCUT2D eigenvalue weighted by atomic mass is 19.1. The number of benzene rings is 2. The minimum absolute atomic E-state index is 0.0316. The molecule has 0 radical (unpaired) electrons. The molecule has 0 bridgehead atoms. The minimum Gasteiger partial charge on any atom is -0.379 e. The molecule has 0 aliphatic carbocycles. The lowest BCUT2D eigenvalue weighted by Crippen LogP contribution is -2.60. The number of hydrogen-bond acceptors (Lipinski definition) is 5. The average molecular weight is 412 g/mol. The van der Waals surface area contributed by atoms with Crippen LogP contribution in [0.2, 0.25) is 0 Å². The summed E-state index contributed by atoms with van der Waals surface area (Å²) in [7, 11) is 0. The van der Waals surface area contributed by atoms with Crippen molar-refractivity contribution < 1.29 is 23.4 Å². The van der Waals surface area contributed by atoms with Crippen molar-refractivity contribution in [1.82, 2.24) is 0 Å². The van der Waals surface area contributed by atoms with E-state index in [1.54, 1.807) is 0 Å². The SMILES string of the molecule is O=C(Nc1cccc2c1CCCN2[C@@H]1COCCC12OCCO2)c1ccc(F)cc1. The summed E-state index contributed by atoms with van der Waals surface area (Å²) in [5, 5.41) is 3.01. The number of amides is 1. The molecule has 2 fully saturated rings. The van der Waals surface area contributed by atoms with Crippen molar-refractivity contribution >= 4 is 17.3 Å². The number of halogens is 1. The minimum atomic E-state index is -0.625. The molecule has 2 saturated heterocycles. The molecular formula is C23H25FN2O4. The summed E-state index contributed by atoms with van der Waals surface area (Å²) in [4.78, 5) is 15.0. The average Bonchev–Trinajstić information content (AvgIpc) is 3.23. The van der Waals surface area contributed by atoms with Gasteiger partial charge in [0.25, 0.3) is 5.91 Å². The maximum atomic E-state index is 13.2. The monoisotopic (exact) mass is 412 g/mol. The number of ether oxygens (including phenoxy) is 3. The van der Waals surface area contributed by atoms with Gasteiger partial charge in [0, 0.05) is 29.9 Å². The van der Waals surface area contributed by atoms with Crippen LogP contribution in [0.5, 0.6) is 0 Å². The Balaban J connectivity index is 1.44. The van der Waals surface area contributed by atoms with E-state index in [-0.39, 0.29) is 17.8 Å². The summed E-state index contributed by atoms with van der Waals surface area (Å²) < 4.78 is 31.1. The highest BCUT2D eigenvalue weighted by Gasteiger charge is 2.50. The fraction of sp³-hybridized carbons (Fsp3) is 0.435. The van der Waals surface area contributed by atoms with Crippen LogP contribution in [0.3, 0.4) is 0 Å². The van der Waals surface area contributed by atoms with Crippen molar-refractivity contribution in [2.75, 3.05) is 43.2 Å². The third kappa shape index (κ3) is 3.47. The van der Waals surface area contributed by atoms with Crippen LogP contribution in [-0.2, 0) is 20.6 Å². The molecule has 0 aromatic heterocycles. The van der Waals surface area contributed by atoms with Gasteiger partial charge in [0.15, 0.2) is 5.79 Å². The van der Waals surface area contributed by atoms with Gasteiger partial charge in [-0.25, -0.2) is 4.39 Å². The van der Waals surface area contributed by atoms with Gasteiger partial charge in [0.05, 0.1) is 26.4 Å². The summed E-state index contributed by atoms with van der Waals surface area (Å²) in [6, 6.07) is 11.5. The quantitative estimate of drug-likeness (QED) is 0.838. The van der Waals surface area contributed by atoms with E-state index in [0.29, 0.717) is 38.4 Å². The maximum absolute atomic E-state index is 13.2.